The average Bonchev–Trinajstić information content (AvgIpc) is 2.67. The second kappa shape index (κ2) is 8.89. The van der Waals surface area contributed by atoms with Gasteiger partial charge >= 0.3 is 5.97 Å². The van der Waals surface area contributed by atoms with Crippen molar-refractivity contribution in [3.8, 4) is 11.5 Å². The third-order valence-electron chi connectivity index (χ3n) is 4.00. The SMILES string of the molecule is CC[C@@H](Oc1ccccc1OC)C(=O)Nc1cccc(C(=O)OC)c1C. The fraction of sp³-hybridized carbons (Fsp3) is 0.300. The maximum absolute atomic E-state index is 12.7. The molecule has 0 fully saturated rings. The zero-order chi connectivity index (χ0) is 19.1. The molecule has 0 aliphatic rings. The van der Waals surface area contributed by atoms with Crippen LogP contribution in [0.4, 0.5) is 5.69 Å². The largest absolute Gasteiger partial charge is 0.493 e. The van der Waals surface area contributed by atoms with E-state index in [9.17, 15) is 9.59 Å². The highest BCUT2D eigenvalue weighted by atomic mass is 16.5. The highest BCUT2D eigenvalue weighted by molar-refractivity contribution is 5.98. The number of anilines is 1. The van der Waals surface area contributed by atoms with Crippen molar-refractivity contribution in [3.05, 3.63) is 53.6 Å². The first-order valence-electron chi connectivity index (χ1n) is 8.30. The van der Waals surface area contributed by atoms with Crippen LogP contribution in [0.15, 0.2) is 42.5 Å². The van der Waals surface area contributed by atoms with E-state index in [4.69, 9.17) is 14.2 Å². The van der Waals surface area contributed by atoms with Crippen molar-refractivity contribution in [2.45, 2.75) is 26.4 Å². The van der Waals surface area contributed by atoms with Gasteiger partial charge < -0.3 is 19.5 Å². The van der Waals surface area contributed by atoms with Gasteiger partial charge in [-0.2, -0.15) is 0 Å². The molecule has 2 aromatic rings. The zero-order valence-corrected chi connectivity index (χ0v) is 15.4. The number of para-hydroxylation sites is 2. The van der Waals surface area contributed by atoms with E-state index < -0.39 is 12.1 Å². The van der Waals surface area contributed by atoms with Crippen LogP contribution in [0.1, 0.15) is 29.3 Å². The van der Waals surface area contributed by atoms with Crippen molar-refractivity contribution in [1.82, 2.24) is 0 Å². The maximum atomic E-state index is 12.7. The van der Waals surface area contributed by atoms with Crippen LogP contribution >= 0.6 is 0 Å². The van der Waals surface area contributed by atoms with E-state index in [1.54, 1.807) is 44.4 Å². The van der Waals surface area contributed by atoms with E-state index >= 15 is 0 Å². The zero-order valence-electron chi connectivity index (χ0n) is 15.4. The van der Waals surface area contributed by atoms with Crippen molar-refractivity contribution in [3.63, 3.8) is 0 Å². The van der Waals surface area contributed by atoms with Gasteiger partial charge in [-0.1, -0.05) is 25.1 Å². The predicted molar refractivity (Wildman–Crippen MR) is 98.8 cm³/mol. The Morgan fingerprint density at radius 1 is 1.04 bits per heavy atom. The van der Waals surface area contributed by atoms with Crippen molar-refractivity contribution in [2.75, 3.05) is 19.5 Å². The molecule has 6 heteroatoms. The molecule has 0 aliphatic carbocycles. The minimum atomic E-state index is -0.701. The number of methoxy groups -OCH3 is 2. The number of benzene rings is 2. The average molecular weight is 357 g/mol. The lowest BCUT2D eigenvalue weighted by Crippen LogP contribution is -2.32. The van der Waals surface area contributed by atoms with Gasteiger partial charge in [0, 0.05) is 5.69 Å². The van der Waals surface area contributed by atoms with E-state index in [1.807, 2.05) is 19.1 Å². The number of rotatable bonds is 7. The van der Waals surface area contributed by atoms with Crippen LogP contribution in [0, 0.1) is 6.92 Å². The van der Waals surface area contributed by atoms with Crippen molar-refractivity contribution in [1.29, 1.82) is 0 Å². The normalized spacial score (nSPS) is 11.4. The van der Waals surface area contributed by atoms with Gasteiger partial charge in [0.15, 0.2) is 17.6 Å². The summed E-state index contributed by atoms with van der Waals surface area (Å²) in [4.78, 5) is 24.5. The van der Waals surface area contributed by atoms with Crippen molar-refractivity contribution >= 4 is 17.6 Å². The molecule has 0 aliphatic heterocycles. The number of hydrogen-bond acceptors (Lipinski definition) is 5. The number of carbonyl (C=O) groups is 2. The molecule has 26 heavy (non-hydrogen) atoms. The molecule has 0 aromatic heterocycles. The fourth-order valence-corrected chi connectivity index (χ4v) is 2.51. The Morgan fingerprint density at radius 2 is 1.73 bits per heavy atom. The first-order chi connectivity index (χ1) is 12.5. The van der Waals surface area contributed by atoms with Gasteiger partial charge in [-0.05, 0) is 43.2 Å². The Bertz CT molecular complexity index is 788. The van der Waals surface area contributed by atoms with Crippen LogP contribution in [-0.4, -0.2) is 32.2 Å². The van der Waals surface area contributed by atoms with E-state index in [2.05, 4.69) is 5.32 Å². The van der Waals surface area contributed by atoms with Gasteiger partial charge in [-0.3, -0.25) is 4.79 Å². The number of amides is 1. The summed E-state index contributed by atoms with van der Waals surface area (Å²) in [7, 11) is 2.87. The molecular formula is C20H23NO5. The molecule has 0 saturated carbocycles. The summed E-state index contributed by atoms with van der Waals surface area (Å²) in [6.45, 7) is 3.61. The predicted octanol–water partition coefficient (Wildman–Crippen LogP) is 3.59. The summed E-state index contributed by atoms with van der Waals surface area (Å²) in [5.41, 5.74) is 1.59. The Kier molecular flexibility index (Phi) is 6.60. The van der Waals surface area contributed by atoms with Crippen LogP contribution in [0.3, 0.4) is 0 Å². The third kappa shape index (κ3) is 4.33. The van der Waals surface area contributed by atoms with Crippen LogP contribution in [0.25, 0.3) is 0 Å². The van der Waals surface area contributed by atoms with E-state index in [0.717, 1.165) is 0 Å². The molecule has 1 N–H and O–H groups in total. The first-order valence-corrected chi connectivity index (χ1v) is 8.30. The van der Waals surface area contributed by atoms with Crippen LogP contribution in [0.2, 0.25) is 0 Å². The van der Waals surface area contributed by atoms with Gasteiger partial charge in [-0.25, -0.2) is 4.79 Å². The lowest BCUT2D eigenvalue weighted by molar-refractivity contribution is -0.122. The van der Waals surface area contributed by atoms with Crippen molar-refractivity contribution < 1.29 is 23.8 Å². The van der Waals surface area contributed by atoms with Gasteiger partial charge in [0.1, 0.15) is 0 Å². The number of ether oxygens (including phenoxy) is 3. The summed E-state index contributed by atoms with van der Waals surface area (Å²) in [5.74, 6) is 0.305. The number of carbonyl (C=O) groups excluding carboxylic acids is 2. The summed E-state index contributed by atoms with van der Waals surface area (Å²) in [6.07, 6.45) is -0.230. The highest BCUT2D eigenvalue weighted by Gasteiger charge is 2.21. The summed E-state index contributed by atoms with van der Waals surface area (Å²) in [6, 6.07) is 12.2. The smallest absolute Gasteiger partial charge is 0.338 e. The van der Waals surface area contributed by atoms with Gasteiger partial charge in [0.2, 0.25) is 0 Å². The molecule has 138 valence electrons. The minimum Gasteiger partial charge on any atom is -0.493 e. The number of nitrogens with one attached hydrogen (secondary N) is 1. The van der Waals surface area contributed by atoms with Gasteiger partial charge in [0.25, 0.3) is 5.91 Å². The highest BCUT2D eigenvalue weighted by Crippen LogP contribution is 2.28. The first kappa shape index (κ1) is 19.3. The van der Waals surface area contributed by atoms with E-state index in [-0.39, 0.29) is 5.91 Å². The van der Waals surface area contributed by atoms with Gasteiger partial charge in [-0.15, -0.1) is 0 Å². The molecule has 0 spiro atoms. The summed E-state index contributed by atoms with van der Waals surface area (Å²) < 4.78 is 15.8. The Morgan fingerprint density at radius 3 is 2.35 bits per heavy atom. The molecule has 0 unspecified atom stereocenters. The van der Waals surface area contributed by atoms with Crippen molar-refractivity contribution in [2.24, 2.45) is 0 Å². The molecule has 0 bridgehead atoms. The Balaban J connectivity index is 2.18. The lowest BCUT2D eigenvalue weighted by Gasteiger charge is -2.19. The Labute approximate surface area is 153 Å². The minimum absolute atomic E-state index is 0.302. The molecule has 0 saturated heterocycles. The molecule has 6 nitrogen and oxygen atoms in total. The second-order valence-electron chi connectivity index (χ2n) is 5.62. The molecule has 0 heterocycles. The van der Waals surface area contributed by atoms with E-state index in [0.29, 0.717) is 34.7 Å². The molecule has 2 rings (SSSR count). The monoisotopic (exact) mass is 357 g/mol. The lowest BCUT2D eigenvalue weighted by atomic mass is 10.1. The van der Waals surface area contributed by atoms with Crippen LogP contribution < -0.4 is 14.8 Å². The van der Waals surface area contributed by atoms with Gasteiger partial charge in [0.05, 0.1) is 19.8 Å². The van der Waals surface area contributed by atoms with E-state index in [1.165, 1.54) is 7.11 Å². The molecule has 1 atom stereocenters. The van der Waals surface area contributed by atoms with Crippen LogP contribution in [0.5, 0.6) is 11.5 Å². The molecule has 2 aromatic carbocycles. The number of hydrogen-bond donors (Lipinski definition) is 1. The maximum Gasteiger partial charge on any atom is 0.338 e. The second-order valence-corrected chi connectivity index (χ2v) is 5.62. The van der Waals surface area contributed by atoms with Crippen LogP contribution in [-0.2, 0) is 9.53 Å². The Hall–Kier alpha value is -3.02. The standard InChI is InChI=1S/C20H23NO5/c1-5-16(26-18-12-7-6-11-17(18)24-3)19(22)21-15-10-8-9-14(13(15)2)20(23)25-4/h6-12,16H,5H2,1-4H3,(H,21,22)/t16-/m1/s1. The topological polar surface area (TPSA) is 73.9 Å². The quantitative estimate of drug-likeness (QED) is 0.767. The summed E-state index contributed by atoms with van der Waals surface area (Å²) >= 11 is 0. The third-order valence-corrected chi connectivity index (χ3v) is 4.00. The fourth-order valence-electron chi connectivity index (χ4n) is 2.51. The molecule has 1 amide bonds. The molecular weight excluding hydrogens is 334 g/mol. The summed E-state index contributed by atoms with van der Waals surface area (Å²) in [5, 5.41) is 2.83. The molecule has 0 radical (unpaired) electrons. The number of esters is 1.